The maximum absolute atomic E-state index is 12.0. The van der Waals surface area contributed by atoms with Gasteiger partial charge in [0, 0.05) is 12.1 Å². The van der Waals surface area contributed by atoms with Gasteiger partial charge in [0.15, 0.2) is 5.69 Å². The van der Waals surface area contributed by atoms with Crippen LogP contribution >= 0.6 is 12.4 Å². The molecule has 0 aliphatic heterocycles. The van der Waals surface area contributed by atoms with E-state index in [4.69, 9.17) is 5.73 Å². The Kier molecular flexibility index (Phi) is 5.24. The van der Waals surface area contributed by atoms with Crippen molar-refractivity contribution in [3.05, 3.63) is 42.2 Å². The quantitative estimate of drug-likeness (QED) is 0.886. The van der Waals surface area contributed by atoms with Crippen molar-refractivity contribution in [1.82, 2.24) is 20.3 Å². The molecule has 0 saturated heterocycles. The molecule has 0 atom stereocenters. The first-order valence-corrected chi connectivity index (χ1v) is 6.02. The van der Waals surface area contributed by atoms with Crippen molar-refractivity contribution in [3.8, 4) is 5.69 Å². The van der Waals surface area contributed by atoms with E-state index in [9.17, 15) is 4.79 Å². The van der Waals surface area contributed by atoms with Crippen LogP contribution in [0.5, 0.6) is 0 Å². The highest BCUT2D eigenvalue weighted by atomic mass is 35.5. The lowest BCUT2D eigenvalue weighted by Gasteiger charge is -2.23. The van der Waals surface area contributed by atoms with Crippen molar-refractivity contribution in [2.24, 2.45) is 5.73 Å². The predicted octanol–water partition coefficient (Wildman–Crippen LogP) is 1.16. The van der Waals surface area contributed by atoms with Gasteiger partial charge in [-0.15, -0.1) is 17.5 Å². The second-order valence-electron chi connectivity index (χ2n) is 4.90. The first kappa shape index (κ1) is 16.1. The lowest BCUT2D eigenvalue weighted by Crippen LogP contribution is -2.48. The lowest BCUT2D eigenvalue weighted by atomic mass is 10.1. The molecule has 1 heterocycles. The maximum Gasteiger partial charge on any atom is 0.273 e. The summed E-state index contributed by atoms with van der Waals surface area (Å²) in [4.78, 5) is 13.4. The fraction of sp³-hybridized carbons (Fsp3) is 0.308. The van der Waals surface area contributed by atoms with Gasteiger partial charge in [0.05, 0.1) is 11.9 Å². The highest BCUT2D eigenvalue weighted by Gasteiger charge is 2.21. The van der Waals surface area contributed by atoms with Crippen molar-refractivity contribution in [1.29, 1.82) is 0 Å². The van der Waals surface area contributed by atoms with E-state index >= 15 is 0 Å². The third-order valence-corrected chi connectivity index (χ3v) is 2.67. The van der Waals surface area contributed by atoms with Gasteiger partial charge in [0.2, 0.25) is 0 Å². The molecule has 3 N–H and O–H groups in total. The molecule has 6 nitrogen and oxygen atoms in total. The molecule has 0 saturated carbocycles. The molecular weight excluding hydrogens is 278 g/mol. The van der Waals surface area contributed by atoms with E-state index in [0.29, 0.717) is 6.54 Å². The van der Waals surface area contributed by atoms with Gasteiger partial charge in [-0.25, -0.2) is 0 Å². The molecule has 0 aliphatic carbocycles. The number of nitrogens with one attached hydrogen (secondary N) is 1. The molecular formula is C13H18ClN5O. The minimum atomic E-state index is -0.465. The molecule has 1 aromatic heterocycles. The molecule has 1 aromatic carbocycles. The average molecular weight is 296 g/mol. The third kappa shape index (κ3) is 3.79. The Labute approximate surface area is 123 Å². The number of carbonyl (C=O) groups excluding carboxylic acids is 1. The molecule has 0 aliphatic rings. The second-order valence-corrected chi connectivity index (χ2v) is 4.90. The van der Waals surface area contributed by atoms with Gasteiger partial charge in [-0.3, -0.25) is 4.79 Å². The number of halogens is 1. The van der Waals surface area contributed by atoms with E-state index in [1.807, 2.05) is 44.2 Å². The second kappa shape index (κ2) is 6.49. The van der Waals surface area contributed by atoms with Crippen LogP contribution in [0, 0.1) is 0 Å². The van der Waals surface area contributed by atoms with Gasteiger partial charge in [0.25, 0.3) is 5.91 Å². The molecule has 7 heteroatoms. The van der Waals surface area contributed by atoms with Crippen LogP contribution in [0.1, 0.15) is 24.3 Å². The predicted molar refractivity (Wildman–Crippen MR) is 79.2 cm³/mol. The Morgan fingerprint density at radius 2 is 2.00 bits per heavy atom. The van der Waals surface area contributed by atoms with Crippen molar-refractivity contribution in [2.45, 2.75) is 19.4 Å². The van der Waals surface area contributed by atoms with E-state index in [2.05, 4.69) is 15.5 Å². The van der Waals surface area contributed by atoms with Gasteiger partial charge in [-0.05, 0) is 26.0 Å². The van der Waals surface area contributed by atoms with Crippen LogP contribution in [-0.4, -0.2) is 33.0 Å². The Hall–Kier alpha value is -1.92. The lowest BCUT2D eigenvalue weighted by molar-refractivity contribution is 0.0910. The van der Waals surface area contributed by atoms with Crippen LogP contribution in [0.4, 0.5) is 0 Å². The van der Waals surface area contributed by atoms with Crippen LogP contribution in [0.15, 0.2) is 36.5 Å². The van der Waals surface area contributed by atoms with Crippen LogP contribution < -0.4 is 11.1 Å². The summed E-state index contributed by atoms with van der Waals surface area (Å²) in [5.41, 5.74) is 6.18. The summed E-state index contributed by atoms with van der Waals surface area (Å²) in [5, 5.41) is 11.0. The zero-order valence-corrected chi connectivity index (χ0v) is 12.2. The molecule has 2 aromatic rings. The molecule has 0 unspecified atom stereocenters. The number of nitrogens with zero attached hydrogens (tertiary/aromatic N) is 3. The summed E-state index contributed by atoms with van der Waals surface area (Å²) in [5.74, 6) is -0.280. The summed E-state index contributed by atoms with van der Waals surface area (Å²) >= 11 is 0. The Morgan fingerprint density at radius 1 is 1.35 bits per heavy atom. The highest BCUT2D eigenvalue weighted by Crippen LogP contribution is 2.05. The van der Waals surface area contributed by atoms with E-state index in [1.165, 1.54) is 11.0 Å². The number of para-hydroxylation sites is 1. The summed E-state index contributed by atoms with van der Waals surface area (Å²) in [7, 11) is 0. The standard InChI is InChI=1S/C13H17N5O.ClH/c1-13(2,9-14)16-12(19)11-8-15-18(17-11)10-6-4-3-5-7-10;/h3-8H,9,14H2,1-2H3,(H,16,19);1H. The molecule has 1 amide bonds. The maximum atomic E-state index is 12.0. The molecule has 0 bridgehead atoms. The first-order chi connectivity index (χ1) is 9.02. The summed E-state index contributed by atoms with van der Waals surface area (Å²) < 4.78 is 0. The number of aromatic nitrogens is 3. The Balaban J connectivity index is 0.00000200. The number of nitrogens with two attached hydrogens (primary N) is 1. The van der Waals surface area contributed by atoms with E-state index in [1.54, 1.807) is 0 Å². The van der Waals surface area contributed by atoms with Gasteiger partial charge in [-0.2, -0.15) is 9.90 Å². The number of hydrogen-bond donors (Lipinski definition) is 2. The van der Waals surface area contributed by atoms with Gasteiger partial charge in [0.1, 0.15) is 0 Å². The topological polar surface area (TPSA) is 85.8 Å². The number of rotatable bonds is 4. The summed E-state index contributed by atoms with van der Waals surface area (Å²) in [6, 6.07) is 9.41. The van der Waals surface area contributed by atoms with Crippen molar-refractivity contribution in [3.63, 3.8) is 0 Å². The van der Waals surface area contributed by atoms with Crippen molar-refractivity contribution in [2.75, 3.05) is 6.54 Å². The van der Waals surface area contributed by atoms with Crippen LogP contribution in [0.25, 0.3) is 5.69 Å². The molecule has 2 rings (SSSR count). The Morgan fingerprint density at radius 3 is 2.60 bits per heavy atom. The normalized spacial score (nSPS) is 10.8. The molecule has 0 spiro atoms. The number of carbonyl (C=O) groups is 1. The van der Waals surface area contributed by atoms with E-state index in [0.717, 1.165) is 5.69 Å². The molecule has 0 radical (unpaired) electrons. The fourth-order valence-electron chi connectivity index (χ4n) is 1.48. The zero-order chi connectivity index (χ0) is 13.9. The number of hydrogen-bond acceptors (Lipinski definition) is 4. The minimum absolute atomic E-state index is 0. The van der Waals surface area contributed by atoms with Gasteiger partial charge >= 0.3 is 0 Å². The molecule has 108 valence electrons. The summed E-state index contributed by atoms with van der Waals surface area (Å²) in [6.07, 6.45) is 1.44. The van der Waals surface area contributed by atoms with Crippen LogP contribution in [-0.2, 0) is 0 Å². The molecule has 20 heavy (non-hydrogen) atoms. The van der Waals surface area contributed by atoms with E-state index in [-0.39, 0.29) is 24.0 Å². The molecule has 0 fully saturated rings. The average Bonchev–Trinajstić information content (AvgIpc) is 2.89. The minimum Gasteiger partial charge on any atom is -0.344 e. The SMILES string of the molecule is CC(C)(CN)NC(=O)c1cnn(-c2ccccc2)n1.Cl. The van der Waals surface area contributed by atoms with Crippen LogP contribution in [0.3, 0.4) is 0 Å². The monoisotopic (exact) mass is 295 g/mol. The highest BCUT2D eigenvalue weighted by molar-refractivity contribution is 5.92. The first-order valence-electron chi connectivity index (χ1n) is 6.02. The number of amides is 1. The van der Waals surface area contributed by atoms with E-state index < -0.39 is 5.54 Å². The van der Waals surface area contributed by atoms with Crippen molar-refractivity contribution < 1.29 is 4.79 Å². The van der Waals surface area contributed by atoms with Gasteiger partial charge < -0.3 is 11.1 Å². The third-order valence-electron chi connectivity index (χ3n) is 2.67. The van der Waals surface area contributed by atoms with Crippen LogP contribution in [0.2, 0.25) is 0 Å². The summed E-state index contributed by atoms with van der Waals surface area (Å²) in [6.45, 7) is 4.06. The largest absolute Gasteiger partial charge is 0.344 e. The smallest absolute Gasteiger partial charge is 0.273 e. The zero-order valence-electron chi connectivity index (χ0n) is 11.4. The van der Waals surface area contributed by atoms with Crippen molar-refractivity contribution >= 4 is 18.3 Å². The van der Waals surface area contributed by atoms with Gasteiger partial charge in [-0.1, -0.05) is 18.2 Å². The number of benzene rings is 1. The fourth-order valence-corrected chi connectivity index (χ4v) is 1.48. The Bertz CT molecular complexity index is 567.